The van der Waals surface area contributed by atoms with Gasteiger partial charge in [-0.15, -0.1) is 24.8 Å². The van der Waals surface area contributed by atoms with E-state index in [4.69, 9.17) is 5.73 Å². The minimum Gasteiger partial charge on any atom is -0.391 e. The van der Waals surface area contributed by atoms with Crippen molar-refractivity contribution in [1.82, 2.24) is 9.97 Å². The van der Waals surface area contributed by atoms with Crippen LogP contribution in [0.5, 0.6) is 0 Å². The first kappa shape index (κ1) is 17.8. The van der Waals surface area contributed by atoms with Crippen molar-refractivity contribution < 1.29 is 5.11 Å². The molecule has 1 aromatic rings. The van der Waals surface area contributed by atoms with Crippen LogP contribution in [0.1, 0.15) is 20.8 Å². The van der Waals surface area contributed by atoms with Crippen LogP contribution in [0, 0.1) is 0 Å². The van der Waals surface area contributed by atoms with Crippen LogP contribution in [0.15, 0.2) is 4.79 Å². The average molecular weight is 312 g/mol. The van der Waals surface area contributed by atoms with Gasteiger partial charge >= 0.3 is 0 Å². The Morgan fingerprint density at radius 3 is 2.53 bits per heavy atom. The largest absolute Gasteiger partial charge is 0.391 e. The molecule has 9 heteroatoms. The molecule has 1 aromatic heterocycles. The summed E-state index contributed by atoms with van der Waals surface area (Å²) in [6.45, 7) is 5.50. The second-order valence-electron chi connectivity index (χ2n) is 4.88. The molecule has 2 heterocycles. The zero-order valence-electron chi connectivity index (χ0n) is 10.9. The zero-order valence-corrected chi connectivity index (χ0v) is 12.5. The molecule has 0 saturated heterocycles. The van der Waals surface area contributed by atoms with Gasteiger partial charge in [0, 0.05) is 0 Å². The van der Waals surface area contributed by atoms with E-state index in [1.807, 2.05) is 13.8 Å². The van der Waals surface area contributed by atoms with Gasteiger partial charge in [0.15, 0.2) is 5.82 Å². The molecule has 2 rings (SSSR count). The summed E-state index contributed by atoms with van der Waals surface area (Å²) in [5.41, 5.74) is 5.01. The van der Waals surface area contributed by atoms with Gasteiger partial charge in [-0.2, -0.15) is 4.98 Å². The third kappa shape index (κ3) is 3.23. The zero-order chi connectivity index (χ0) is 12.8. The molecule has 110 valence electrons. The summed E-state index contributed by atoms with van der Waals surface area (Å²) in [7, 11) is 0. The third-order valence-corrected chi connectivity index (χ3v) is 2.94. The number of hydrogen-bond donors (Lipinski definition) is 5. The Kier molecular flexibility index (Phi) is 5.49. The maximum absolute atomic E-state index is 11.7. The molecule has 19 heavy (non-hydrogen) atoms. The Balaban J connectivity index is 0.00000162. The smallest absolute Gasteiger partial charge is 0.277 e. The van der Waals surface area contributed by atoms with Gasteiger partial charge in [0.2, 0.25) is 5.95 Å². The average Bonchev–Trinajstić information content (AvgIpc) is 2.13. The lowest BCUT2D eigenvalue weighted by atomic mass is 9.88. The molecule has 0 unspecified atom stereocenters. The summed E-state index contributed by atoms with van der Waals surface area (Å²) < 4.78 is 0. The quantitative estimate of drug-likeness (QED) is 0.517. The normalized spacial score (nSPS) is 20.7. The van der Waals surface area contributed by atoms with Crippen LogP contribution in [0.25, 0.3) is 0 Å². The van der Waals surface area contributed by atoms with E-state index >= 15 is 0 Å². The standard InChI is InChI=1S/C10H17N5O2.2ClH/c1-4(16)6-10(2,3)15-7-5(12-6)8(17)14-9(11)13-7;;/h4,6,12,16H,1-3H3,(H4,11,13,14,15,17);2*1H/t4-,6-;;/m1../s1. The minimum atomic E-state index is -0.609. The monoisotopic (exact) mass is 311 g/mol. The molecule has 0 bridgehead atoms. The van der Waals surface area contributed by atoms with Gasteiger partial charge in [0.05, 0.1) is 17.7 Å². The van der Waals surface area contributed by atoms with Crippen molar-refractivity contribution in [3.05, 3.63) is 10.4 Å². The number of aromatic nitrogens is 2. The molecule has 0 amide bonds. The van der Waals surface area contributed by atoms with E-state index in [9.17, 15) is 9.90 Å². The number of hydrogen-bond acceptors (Lipinski definition) is 6. The molecular weight excluding hydrogens is 293 g/mol. The first-order valence-electron chi connectivity index (χ1n) is 5.44. The fourth-order valence-electron chi connectivity index (χ4n) is 2.16. The Morgan fingerprint density at radius 1 is 1.42 bits per heavy atom. The van der Waals surface area contributed by atoms with Crippen molar-refractivity contribution >= 4 is 42.3 Å². The lowest BCUT2D eigenvalue weighted by Gasteiger charge is -2.42. The predicted molar refractivity (Wildman–Crippen MR) is 80.6 cm³/mol. The summed E-state index contributed by atoms with van der Waals surface area (Å²) in [5.74, 6) is 0.475. The predicted octanol–water partition coefficient (Wildman–Crippen LogP) is 0.561. The lowest BCUT2D eigenvalue weighted by Crippen LogP contribution is -2.57. The molecule has 0 aromatic carbocycles. The van der Waals surface area contributed by atoms with Crippen molar-refractivity contribution in [2.45, 2.75) is 38.5 Å². The van der Waals surface area contributed by atoms with E-state index in [2.05, 4.69) is 20.6 Å². The highest BCUT2D eigenvalue weighted by molar-refractivity contribution is 5.85. The lowest BCUT2D eigenvalue weighted by molar-refractivity contribution is 0.145. The van der Waals surface area contributed by atoms with Crippen LogP contribution in [-0.2, 0) is 0 Å². The van der Waals surface area contributed by atoms with Crippen molar-refractivity contribution in [3.63, 3.8) is 0 Å². The second-order valence-corrected chi connectivity index (χ2v) is 4.88. The Bertz CT molecular complexity index is 503. The highest BCUT2D eigenvalue weighted by atomic mass is 35.5. The second kappa shape index (κ2) is 5.85. The highest BCUT2D eigenvalue weighted by Crippen LogP contribution is 2.30. The first-order chi connectivity index (χ1) is 7.81. The van der Waals surface area contributed by atoms with Gasteiger partial charge in [-0.1, -0.05) is 0 Å². The summed E-state index contributed by atoms with van der Waals surface area (Å²) in [5, 5.41) is 15.8. The van der Waals surface area contributed by atoms with E-state index in [1.165, 1.54) is 0 Å². The maximum Gasteiger partial charge on any atom is 0.277 e. The number of anilines is 3. The summed E-state index contributed by atoms with van der Waals surface area (Å²) in [4.78, 5) is 18.1. The van der Waals surface area contributed by atoms with Crippen LogP contribution in [0.2, 0.25) is 0 Å². The van der Waals surface area contributed by atoms with Crippen LogP contribution in [-0.4, -0.2) is 32.8 Å². The van der Waals surface area contributed by atoms with Gasteiger partial charge in [0.1, 0.15) is 5.69 Å². The maximum atomic E-state index is 11.7. The van der Waals surface area contributed by atoms with E-state index in [1.54, 1.807) is 6.92 Å². The van der Waals surface area contributed by atoms with Crippen molar-refractivity contribution in [2.24, 2.45) is 0 Å². The number of nitrogens with one attached hydrogen (secondary N) is 3. The molecule has 1 aliphatic heterocycles. The SMILES string of the molecule is C[C@@H](O)[C@H]1Nc2c(nc(N)[nH]c2=O)NC1(C)C.Cl.Cl. The minimum absolute atomic E-state index is 0. The molecule has 0 radical (unpaired) electrons. The van der Waals surface area contributed by atoms with E-state index < -0.39 is 11.6 Å². The van der Waals surface area contributed by atoms with E-state index in [0.717, 1.165) is 0 Å². The molecule has 7 nitrogen and oxygen atoms in total. The molecule has 0 saturated carbocycles. The number of halogens is 2. The molecule has 0 aliphatic carbocycles. The molecule has 2 atom stereocenters. The molecular formula is C10H19Cl2N5O2. The Hall–Kier alpha value is -1.18. The summed E-state index contributed by atoms with van der Waals surface area (Å²) in [6, 6.07) is -0.290. The topological polar surface area (TPSA) is 116 Å². The van der Waals surface area contributed by atoms with Crippen LogP contribution in [0.4, 0.5) is 17.5 Å². The van der Waals surface area contributed by atoms with Gasteiger partial charge in [-0.3, -0.25) is 9.78 Å². The summed E-state index contributed by atoms with van der Waals surface area (Å²) in [6.07, 6.45) is -0.609. The number of nitrogen functional groups attached to an aromatic ring is 1. The van der Waals surface area contributed by atoms with Crippen LogP contribution in [0.3, 0.4) is 0 Å². The number of fused-ring (bicyclic) bond motifs is 1. The van der Waals surface area contributed by atoms with E-state index in [-0.39, 0.29) is 42.4 Å². The number of H-pyrrole nitrogens is 1. The van der Waals surface area contributed by atoms with Gasteiger partial charge in [-0.25, -0.2) is 0 Å². The van der Waals surface area contributed by atoms with Crippen molar-refractivity contribution in [3.8, 4) is 0 Å². The molecule has 6 N–H and O–H groups in total. The first-order valence-corrected chi connectivity index (χ1v) is 5.44. The third-order valence-electron chi connectivity index (χ3n) is 2.94. The highest BCUT2D eigenvalue weighted by Gasteiger charge is 2.39. The van der Waals surface area contributed by atoms with Crippen LogP contribution >= 0.6 is 24.8 Å². The number of nitrogens with zero attached hydrogens (tertiary/aromatic N) is 1. The molecule has 0 fully saturated rings. The molecule has 0 spiro atoms. The van der Waals surface area contributed by atoms with E-state index in [0.29, 0.717) is 11.5 Å². The van der Waals surface area contributed by atoms with Crippen LogP contribution < -0.4 is 21.9 Å². The fourth-order valence-corrected chi connectivity index (χ4v) is 2.16. The number of nitrogens with two attached hydrogens (primary N) is 1. The van der Waals surface area contributed by atoms with Crippen molar-refractivity contribution in [1.29, 1.82) is 0 Å². The van der Waals surface area contributed by atoms with Crippen molar-refractivity contribution in [2.75, 3.05) is 16.4 Å². The molecule has 1 aliphatic rings. The van der Waals surface area contributed by atoms with Gasteiger partial charge in [0.25, 0.3) is 5.56 Å². The fraction of sp³-hybridized carbons (Fsp3) is 0.600. The Morgan fingerprint density at radius 2 is 2.00 bits per heavy atom. The number of aromatic amines is 1. The Labute approximate surface area is 123 Å². The van der Waals surface area contributed by atoms with Gasteiger partial charge < -0.3 is 21.5 Å². The summed E-state index contributed by atoms with van der Waals surface area (Å²) >= 11 is 0. The number of aliphatic hydroxyl groups excluding tert-OH is 1. The number of aliphatic hydroxyl groups is 1. The number of rotatable bonds is 1. The van der Waals surface area contributed by atoms with Gasteiger partial charge in [-0.05, 0) is 20.8 Å².